The Hall–Kier alpha value is -1.26. The number of hydrogen-bond donors (Lipinski definition) is 2. The lowest BCUT2D eigenvalue weighted by Gasteiger charge is -2.12. The molecule has 1 aromatic carbocycles. The van der Waals surface area contributed by atoms with E-state index >= 15 is 0 Å². The van der Waals surface area contributed by atoms with Gasteiger partial charge in [-0.05, 0) is 50.9 Å². The van der Waals surface area contributed by atoms with Crippen LogP contribution in [0.4, 0.5) is 5.69 Å². The summed E-state index contributed by atoms with van der Waals surface area (Å²) in [6, 6.07) is 7.56. The highest BCUT2D eigenvalue weighted by Crippen LogP contribution is 2.24. The van der Waals surface area contributed by atoms with Gasteiger partial charge in [-0.3, -0.25) is 4.79 Å². The van der Waals surface area contributed by atoms with E-state index in [-0.39, 0.29) is 18.3 Å². The molecule has 0 aliphatic carbocycles. The standard InChI is InChI=1S/C15H22N2O2.ClH/c1-2-19-14-6-4-3-5-13(14)17-15(18)8-7-12-9-10-16-11-12;/h3-6,12,16H,2,7-11H2,1H3,(H,17,18);1H. The van der Waals surface area contributed by atoms with E-state index < -0.39 is 0 Å². The molecule has 1 aliphatic rings. The van der Waals surface area contributed by atoms with Crippen molar-refractivity contribution < 1.29 is 9.53 Å². The fourth-order valence-corrected chi connectivity index (χ4v) is 2.36. The summed E-state index contributed by atoms with van der Waals surface area (Å²) in [5, 5.41) is 6.25. The lowest BCUT2D eigenvalue weighted by Crippen LogP contribution is -2.15. The molecule has 4 nitrogen and oxygen atoms in total. The number of benzene rings is 1. The van der Waals surface area contributed by atoms with Crippen LogP contribution in [0.25, 0.3) is 0 Å². The van der Waals surface area contributed by atoms with Crippen LogP contribution in [0, 0.1) is 5.92 Å². The van der Waals surface area contributed by atoms with Crippen molar-refractivity contribution in [1.82, 2.24) is 5.32 Å². The maximum Gasteiger partial charge on any atom is 0.224 e. The molecule has 0 saturated carbocycles. The van der Waals surface area contributed by atoms with Crippen molar-refractivity contribution >= 4 is 24.0 Å². The van der Waals surface area contributed by atoms with Gasteiger partial charge in [0.2, 0.25) is 5.91 Å². The van der Waals surface area contributed by atoms with E-state index in [2.05, 4.69) is 10.6 Å². The summed E-state index contributed by atoms with van der Waals surface area (Å²) in [5.74, 6) is 1.45. The zero-order valence-corrected chi connectivity index (χ0v) is 12.7. The van der Waals surface area contributed by atoms with E-state index in [1.54, 1.807) is 0 Å². The third-order valence-electron chi connectivity index (χ3n) is 3.40. The Balaban J connectivity index is 0.00000200. The van der Waals surface area contributed by atoms with Gasteiger partial charge >= 0.3 is 0 Å². The average molecular weight is 299 g/mol. The fraction of sp³-hybridized carbons (Fsp3) is 0.533. The monoisotopic (exact) mass is 298 g/mol. The van der Waals surface area contributed by atoms with Crippen molar-refractivity contribution in [1.29, 1.82) is 0 Å². The molecule has 0 aromatic heterocycles. The maximum absolute atomic E-state index is 11.9. The molecule has 1 unspecified atom stereocenters. The van der Waals surface area contributed by atoms with Gasteiger partial charge in [-0.15, -0.1) is 12.4 Å². The second-order valence-corrected chi connectivity index (χ2v) is 4.87. The molecule has 20 heavy (non-hydrogen) atoms. The lowest BCUT2D eigenvalue weighted by molar-refractivity contribution is -0.116. The summed E-state index contributed by atoms with van der Waals surface area (Å²) in [4.78, 5) is 11.9. The average Bonchev–Trinajstić information content (AvgIpc) is 2.92. The van der Waals surface area contributed by atoms with Gasteiger partial charge in [0.1, 0.15) is 5.75 Å². The fourth-order valence-electron chi connectivity index (χ4n) is 2.36. The Kier molecular flexibility index (Phi) is 7.41. The minimum atomic E-state index is 0. The quantitative estimate of drug-likeness (QED) is 0.849. The molecule has 5 heteroatoms. The number of ether oxygens (including phenoxy) is 1. The maximum atomic E-state index is 11.9. The Morgan fingerprint density at radius 1 is 1.45 bits per heavy atom. The molecule has 0 spiro atoms. The van der Waals surface area contributed by atoms with E-state index in [4.69, 9.17) is 4.74 Å². The second kappa shape index (κ2) is 8.82. The Labute approximate surface area is 126 Å². The van der Waals surface area contributed by atoms with Crippen LogP contribution < -0.4 is 15.4 Å². The molecular weight excluding hydrogens is 276 g/mol. The van der Waals surface area contributed by atoms with Gasteiger partial charge in [-0.1, -0.05) is 12.1 Å². The highest BCUT2D eigenvalue weighted by Gasteiger charge is 2.16. The van der Waals surface area contributed by atoms with E-state index in [9.17, 15) is 4.79 Å². The molecule has 1 saturated heterocycles. The molecule has 1 aliphatic heterocycles. The van der Waals surface area contributed by atoms with Crippen LogP contribution in [0.5, 0.6) is 5.75 Å². The third-order valence-corrected chi connectivity index (χ3v) is 3.40. The van der Waals surface area contributed by atoms with Crippen LogP contribution in [0.1, 0.15) is 26.2 Å². The summed E-state index contributed by atoms with van der Waals surface area (Å²) in [6.45, 7) is 4.66. The van der Waals surface area contributed by atoms with Gasteiger partial charge in [-0.25, -0.2) is 0 Å². The van der Waals surface area contributed by atoms with Crippen molar-refractivity contribution in [2.45, 2.75) is 26.2 Å². The van der Waals surface area contributed by atoms with Crippen molar-refractivity contribution in [3.8, 4) is 5.75 Å². The van der Waals surface area contributed by atoms with E-state index in [1.165, 1.54) is 6.42 Å². The van der Waals surface area contributed by atoms with Crippen LogP contribution in [0.3, 0.4) is 0 Å². The molecule has 1 heterocycles. The number of para-hydroxylation sites is 2. The second-order valence-electron chi connectivity index (χ2n) is 4.87. The highest BCUT2D eigenvalue weighted by atomic mass is 35.5. The predicted octanol–water partition coefficient (Wildman–Crippen LogP) is 2.84. The van der Waals surface area contributed by atoms with Crippen LogP contribution in [0.2, 0.25) is 0 Å². The molecule has 2 rings (SSSR count). The summed E-state index contributed by atoms with van der Waals surface area (Å²) < 4.78 is 5.49. The molecule has 0 bridgehead atoms. The smallest absolute Gasteiger partial charge is 0.224 e. The number of carbonyl (C=O) groups excluding carboxylic acids is 1. The number of amides is 1. The first-order valence-electron chi connectivity index (χ1n) is 7.02. The van der Waals surface area contributed by atoms with Gasteiger partial charge < -0.3 is 15.4 Å². The molecular formula is C15H23ClN2O2. The van der Waals surface area contributed by atoms with Crippen LogP contribution in [0.15, 0.2) is 24.3 Å². The number of halogens is 1. The number of anilines is 1. The Morgan fingerprint density at radius 2 is 2.25 bits per heavy atom. The Morgan fingerprint density at radius 3 is 2.95 bits per heavy atom. The molecule has 112 valence electrons. The molecule has 1 amide bonds. The highest BCUT2D eigenvalue weighted by molar-refractivity contribution is 5.92. The van der Waals surface area contributed by atoms with Gasteiger partial charge in [0, 0.05) is 6.42 Å². The molecule has 2 N–H and O–H groups in total. The Bertz CT molecular complexity index is 420. The predicted molar refractivity (Wildman–Crippen MR) is 83.7 cm³/mol. The topological polar surface area (TPSA) is 50.4 Å². The molecule has 1 fully saturated rings. The third kappa shape index (κ3) is 5.02. The SMILES string of the molecule is CCOc1ccccc1NC(=O)CCC1CCNC1.Cl. The normalized spacial score (nSPS) is 17.4. The summed E-state index contributed by atoms with van der Waals surface area (Å²) in [7, 11) is 0. The number of carbonyl (C=O) groups is 1. The summed E-state index contributed by atoms with van der Waals surface area (Å²) in [5.41, 5.74) is 0.763. The van der Waals surface area contributed by atoms with E-state index in [0.717, 1.165) is 30.9 Å². The minimum Gasteiger partial charge on any atom is -0.492 e. The number of hydrogen-bond acceptors (Lipinski definition) is 3. The zero-order chi connectivity index (χ0) is 13.5. The number of rotatable bonds is 6. The summed E-state index contributed by atoms with van der Waals surface area (Å²) in [6.07, 6.45) is 2.71. The van der Waals surface area contributed by atoms with Crippen molar-refractivity contribution in [2.75, 3.05) is 25.0 Å². The first-order valence-corrected chi connectivity index (χ1v) is 7.02. The minimum absolute atomic E-state index is 0. The van der Waals surface area contributed by atoms with Gasteiger partial charge in [0.25, 0.3) is 0 Å². The van der Waals surface area contributed by atoms with Gasteiger partial charge in [0.15, 0.2) is 0 Å². The van der Waals surface area contributed by atoms with Crippen LogP contribution in [-0.4, -0.2) is 25.6 Å². The van der Waals surface area contributed by atoms with Crippen molar-refractivity contribution in [3.63, 3.8) is 0 Å². The van der Waals surface area contributed by atoms with Crippen molar-refractivity contribution in [3.05, 3.63) is 24.3 Å². The largest absolute Gasteiger partial charge is 0.492 e. The van der Waals surface area contributed by atoms with Gasteiger partial charge in [0.05, 0.1) is 12.3 Å². The summed E-state index contributed by atoms with van der Waals surface area (Å²) >= 11 is 0. The van der Waals surface area contributed by atoms with E-state index in [1.807, 2.05) is 31.2 Å². The lowest BCUT2D eigenvalue weighted by atomic mass is 10.0. The first-order chi connectivity index (χ1) is 9.29. The number of nitrogens with one attached hydrogen (secondary N) is 2. The molecule has 1 aromatic rings. The van der Waals surface area contributed by atoms with Gasteiger partial charge in [-0.2, -0.15) is 0 Å². The van der Waals surface area contributed by atoms with Crippen LogP contribution >= 0.6 is 12.4 Å². The molecule has 0 radical (unpaired) electrons. The molecule has 1 atom stereocenters. The van der Waals surface area contributed by atoms with Crippen molar-refractivity contribution in [2.24, 2.45) is 5.92 Å². The zero-order valence-electron chi connectivity index (χ0n) is 11.9. The first kappa shape index (κ1) is 16.8. The van der Waals surface area contributed by atoms with Crippen LogP contribution in [-0.2, 0) is 4.79 Å². The van der Waals surface area contributed by atoms with E-state index in [0.29, 0.717) is 18.9 Å².